The number of carbonyl (C=O) groups is 1. The molecule has 0 aliphatic rings. The Morgan fingerprint density at radius 1 is 1.64 bits per heavy atom. The van der Waals surface area contributed by atoms with Crippen LogP contribution in [-0.2, 0) is 4.79 Å². The van der Waals surface area contributed by atoms with Crippen molar-refractivity contribution in [1.29, 1.82) is 0 Å². The first-order chi connectivity index (χ1) is 6.41. The summed E-state index contributed by atoms with van der Waals surface area (Å²) in [5.74, 6) is -0.188. The highest BCUT2D eigenvalue weighted by Gasteiger charge is 2.27. The number of carbonyl (C=O) groups excluding carboxylic acids is 1. The van der Waals surface area contributed by atoms with Crippen LogP contribution in [0.2, 0.25) is 0 Å². The molecule has 1 heterocycles. The maximum atomic E-state index is 11.6. The first kappa shape index (κ1) is 11.1. The molecule has 1 aromatic heterocycles. The van der Waals surface area contributed by atoms with Crippen molar-refractivity contribution in [3.8, 4) is 0 Å². The van der Waals surface area contributed by atoms with Crippen molar-refractivity contribution < 1.29 is 4.79 Å². The van der Waals surface area contributed by atoms with Crippen LogP contribution >= 0.6 is 11.3 Å². The normalized spacial score (nSPS) is 13.7. The van der Waals surface area contributed by atoms with Gasteiger partial charge in [-0.25, -0.2) is 4.98 Å². The van der Waals surface area contributed by atoms with Gasteiger partial charge in [0.2, 0.25) is 5.91 Å². The molecule has 0 unspecified atom stereocenters. The summed E-state index contributed by atoms with van der Waals surface area (Å²) in [6, 6.07) is -0.522. The number of thiazole rings is 1. The maximum absolute atomic E-state index is 11.6. The highest BCUT2D eigenvalue weighted by molar-refractivity contribution is 7.13. The van der Waals surface area contributed by atoms with Gasteiger partial charge >= 0.3 is 0 Å². The van der Waals surface area contributed by atoms with Gasteiger partial charge in [0.05, 0.1) is 6.04 Å². The van der Waals surface area contributed by atoms with Crippen LogP contribution in [0.4, 0.5) is 5.13 Å². The predicted octanol–water partition coefficient (Wildman–Crippen LogP) is 1.45. The summed E-state index contributed by atoms with van der Waals surface area (Å²) in [6.07, 6.45) is 1.64. The topological polar surface area (TPSA) is 68.0 Å². The molecule has 5 heteroatoms. The number of amides is 1. The summed E-state index contributed by atoms with van der Waals surface area (Å²) >= 11 is 1.38. The zero-order valence-electron chi connectivity index (χ0n) is 8.57. The molecule has 1 amide bonds. The van der Waals surface area contributed by atoms with Gasteiger partial charge in [0.15, 0.2) is 5.13 Å². The lowest BCUT2D eigenvalue weighted by molar-refractivity contribution is -0.119. The second-order valence-corrected chi connectivity index (χ2v) is 5.06. The Hall–Kier alpha value is -0.940. The SMILES string of the molecule is CC(C)(C)[C@H](N)C(=O)Nc1nccs1. The number of hydrogen-bond donors (Lipinski definition) is 2. The van der Waals surface area contributed by atoms with Crippen LogP contribution in [0, 0.1) is 5.41 Å². The molecule has 0 radical (unpaired) electrons. The number of anilines is 1. The first-order valence-electron chi connectivity index (χ1n) is 4.37. The average molecular weight is 213 g/mol. The van der Waals surface area contributed by atoms with Crippen molar-refractivity contribution in [3.63, 3.8) is 0 Å². The molecule has 0 fully saturated rings. The van der Waals surface area contributed by atoms with E-state index in [4.69, 9.17) is 5.73 Å². The van der Waals surface area contributed by atoms with Crippen LogP contribution in [0.25, 0.3) is 0 Å². The van der Waals surface area contributed by atoms with Crippen LogP contribution in [0.3, 0.4) is 0 Å². The van der Waals surface area contributed by atoms with Gasteiger partial charge < -0.3 is 11.1 Å². The summed E-state index contributed by atoms with van der Waals surface area (Å²) in [5.41, 5.74) is 5.54. The lowest BCUT2D eigenvalue weighted by atomic mass is 9.87. The Kier molecular flexibility index (Phi) is 3.23. The van der Waals surface area contributed by atoms with Gasteiger partial charge in [-0.1, -0.05) is 20.8 Å². The van der Waals surface area contributed by atoms with E-state index in [9.17, 15) is 4.79 Å². The summed E-state index contributed by atoms with van der Waals surface area (Å²) in [5, 5.41) is 5.07. The largest absolute Gasteiger partial charge is 0.319 e. The summed E-state index contributed by atoms with van der Waals surface area (Å²) in [4.78, 5) is 15.5. The molecule has 0 aliphatic carbocycles. The second kappa shape index (κ2) is 4.06. The summed E-state index contributed by atoms with van der Waals surface area (Å²) < 4.78 is 0. The molecule has 0 saturated carbocycles. The predicted molar refractivity (Wildman–Crippen MR) is 58.2 cm³/mol. The molecular formula is C9H15N3OS. The number of rotatable bonds is 2. The molecule has 0 bridgehead atoms. The molecule has 1 rings (SSSR count). The third-order valence-electron chi connectivity index (χ3n) is 1.88. The molecule has 0 aliphatic heterocycles. The summed E-state index contributed by atoms with van der Waals surface area (Å²) in [7, 11) is 0. The van der Waals surface area contributed by atoms with Crippen molar-refractivity contribution in [2.45, 2.75) is 26.8 Å². The van der Waals surface area contributed by atoms with Gasteiger partial charge in [0.25, 0.3) is 0 Å². The van der Waals surface area contributed by atoms with E-state index in [1.807, 2.05) is 20.8 Å². The van der Waals surface area contributed by atoms with E-state index < -0.39 is 6.04 Å². The van der Waals surface area contributed by atoms with Crippen molar-refractivity contribution in [3.05, 3.63) is 11.6 Å². The van der Waals surface area contributed by atoms with Crippen molar-refractivity contribution in [1.82, 2.24) is 4.98 Å². The number of hydrogen-bond acceptors (Lipinski definition) is 4. The van der Waals surface area contributed by atoms with E-state index in [0.29, 0.717) is 5.13 Å². The molecule has 14 heavy (non-hydrogen) atoms. The van der Waals surface area contributed by atoms with Gasteiger partial charge in [-0.2, -0.15) is 0 Å². The smallest absolute Gasteiger partial charge is 0.243 e. The van der Waals surface area contributed by atoms with Gasteiger partial charge in [0.1, 0.15) is 0 Å². The van der Waals surface area contributed by atoms with Crippen LogP contribution in [-0.4, -0.2) is 16.9 Å². The van der Waals surface area contributed by atoms with Gasteiger partial charge in [-0.15, -0.1) is 11.3 Å². The lowest BCUT2D eigenvalue weighted by Gasteiger charge is -2.25. The fraction of sp³-hybridized carbons (Fsp3) is 0.556. The molecule has 4 nitrogen and oxygen atoms in total. The molecule has 3 N–H and O–H groups in total. The second-order valence-electron chi connectivity index (χ2n) is 4.17. The molecule has 1 aromatic rings. The minimum atomic E-state index is -0.522. The monoisotopic (exact) mass is 213 g/mol. The molecule has 0 saturated heterocycles. The van der Waals surface area contributed by atoms with Crippen LogP contribution in [0.15, 0.2) is 11.6 Å². The molecule has 0 aromatic carbocycles. The fourth-order valence-corrected chi connectivity index (χ4v) is 1.39. The van der Waals surface area contributed by atoms with Gasteiger partial charge in [-0.05, 0) is 5.41 Å². The van der Waals surface area contributed by atoms with E-state index in [1.165, 1.54) is 11.3 Å². The van der Waals surface area contributed by atoms with Crippen LogP contribution in [0.5, 0.6) is 0 Å². The minimum absolute atomic E-state index is 0.188. The van der Waals surface area contributed by atoms with E-state index in [0.717, 1.165) is 0 Å². The Labute approximate surface area is 87.5 Å². The Morgan fingerprint density at radius 2 is 2.29 bits per heavy atom. The number of nitrogens with zero attached hydrogens (tertiary/aromatic N) is 1. The van der Waals surface area contributed by atoms with Crippen molar-refractivity contribution >= 4 is 22.4 Å². The maximum Gasteiger partial charge on any atom is 0.243 e. The van der Waals surface area contributed by atoms with Crippen molar-refractivity contribution in [2.24, 2.45) is 11.1 Å². The van der Waals surface area contributed by atoms with Gasteiger partial charge in [0, 0.05) is 11.6 Å². The molecule has 0 spiro atoms. The number of nitrogens with two attached hydrogens (primary N) is 1. The molecule has 1 atom stereocenters. The minimum Gasteiger partial charge on any atom is -0.319 e. The Bertz CT molecular complexity index is 302. The molecular weight excluding hydrogens is 198 g/mol. The average Bonchev–Trinajstić information content (AvgIpc) is 2.53. The van der Waals surface area contributed by atoms with E-state index in [1.54, 1.807) is 11.6 Å². The lowest BCUT2D eigenvalue weighted by Crippen LogP contribution is -2.45. The highest BCUT2D eigenvalue weighted by atomic mass is 32.1. The Balaban J connectivity index is 2.59. The standard InChI is InChI=1S/C9H15N3OS/c1-9(2,3)6(10)7(13)12-8-11-4-5-14-8/h4-6H,10H2,1-3H3,(H,11,12,13)/t6-/m1/s1. The third kappa shape index (κ3) is 2.78. The summed E-state index contributed by atoms with van der Waals surface area (Å²) in [6.45, 7) is 5.79. The zero-order chi connectivity index (χ0) is 10.8. The fourth-order valence-electron chi connectivity index (χ4n) is 0.862. The number of aromatic nitrogens is 1. The van der Waals surface area contributed by atoms with Crippen molar-refractivity contribution in [2.75, 3.05) is 5.32 Å². The van der Waals surface area contributed by atoms with E-state index >= 15 is 0 Å². The first-order valence-corrected chi connectivity index (χ1v) is 5.25. The quantitative estimate of drug-likeness (QED) is 0.781. The third-order valence-corrected chi connectivity index (χ3v) is 2.57. The van der Waals surface area contributed by atoms with E-state index in [-0.39, 0.29) is 11.3 Å². The highest BCUT2D eigenvalue weighted by Crippen LogP contribution is 2.19. The zero-order valence-corrected chi connectivity index (χ0v) is 9.39. The molecule has 78 valence electrons. The number of nitrogens with one attached hydrogen (secondary N) is 1. The Morgan fingerprint density at radius 3 is 2.71 bits per heavy atom. The van der Waals surface area contributed by atoms with E-state index in [2.05, 4.69) is 10.3 Å². The van der Waals surface area contributed by atoms with Gasteiger partial charge in [-0.3, -0.25) is 4.79 Å². The van der Waals surface area contributed by atoms with Crippen LogP contribution in [0.1, 0.15) is 20.8 Å². The van der Waals surface area contributed by atoms with Crippen LogP contribution < -0.4 is 11.1 Å².